The van der Waals surface area contributed by atoms with Crippen molar-refractivity contribution in [2.75, 3.05) is 31.2 Å². The predicted octanol–water partition coefficient (Wildman–Crippen LogP) is 3.00. The number of rotatable bonds is 10. The van der Waals surface area contributed by atoms with Crippen LogP contribution in [-0.4, -0.2) is 52.2 Å². The standard InChI is InChI=1S/C23H29FN2O5/c1-3-25(12-15(8-10-28)5-4-9-27)21-14(2)20-17(11-19(21)24)22(29)18(23(30)31)13-26(20)16-6-7-16/h5,11,13,16,27-28H,3-4,6-10,12H2,1-2H3,(H,30,31)/b15-5+. The second-order valence-corrected chi connectivity index (χ2v) is 7.91. The van der Waals surface area contributed by atoms with Crippen molar-refractivity contribution in [3.63, 3.8) is 0 Å². The van der Waals surface area contributed by atoms with Gasteiger partial charge in [0.05, 0.1) is 11.2 Å². The van der Waals surface area contributed by atoms with Crippen LogP contribution in [0.25, 0.3) is 10.9 Å². The van der Waals surface area contributed by atoms with Gasteiger partial charge in [0.15, 0.2) is 0 Å². The molecular formula is C23H29FN2O5. The van der Waals surface area contributed by atoms with Gasteiger partial charge in [-0.05, 0) is 51.2 Å². The van der Waals surface area contributed by atoms with Crippen LogP contribution >= 0.6 is 0 Å². The third kappa shape index (κ3) is 4.65. The van der Waals surface area contributed by atoms with E-state index in [1.165, 1.54) is 6.20 Å². The Kier molecular flexibility index (Phi) is 7.12. The van der Waals surface area contributed by atoms with Gasteiger partial charge in [0.25, 0.3) is 0 Å². The first kappa shape index (κ1) is 23.0. The van der Waals surface area contributed by atoms with Gasteiger partial charge in [-0.3, -0.25) is 4.79 Å². The fourth-order valence-electron chi connectivity index (χ4n) is 4.10. The summed E-state index contributed by atoms with van der Waals surface area (Å²) in [4.78, 5) is 26.2. The maximum Gasteiger partial charge on any atom is 0.341 e. The van der Waals surface area contributed by atoms with Gasteiger partial charge in [0.2, 0.25) is 5.43 Å². The molecule has 1 aromatic carbocycles. The van der Waals surface area contributed by atoms with Gasteiger partial charge in [0, 0.05) is 43.9 Å². The van der Waals surface area contributed by atoms with E-state index in [4.69, 9.17) is 5.11 Å². The van der Waals surface area contributed by atoms with Gasteiger partial charge in [0.1, 0.15) is 11.4 Å². The maximum absolute atomic E-state index is 15.3. The topological polar surface area (TPSA) is 103 Å². The van der Waals surface area contributed by atoms with Gasteiger partial charge in [-0.2, -0.15) is 0 Å². The van der Waals surface area contributed by atoms with Crippen LogP contribution in [0.15, 0.2) is 28.7 Å². The highest BCUT2D eigenvalue weighted by Crippen LogP contribution is 2.40. The molecule has 0 saturated heterocycles. The SMILES string of the molecule is CCN(C/C(=C/CCO)CCO)c1c(F)cc2c(=O)c(C(=O)O)cn(C3CC3)c2c1C. The van der Waals surface area contributed by atoms with Crippen LogP contribution in [0, 0.1) is 12.7 Å². The number of halogens is 1. The van der Waals surface area contributed by atoms with Crippen molar-refractivity contribution in [3.05, 3.63) is 51.1 Å². The zero-order valence-electron chi connectivity index (χ0n) is 17.9. The van der Waals surface area contributed by atoms with Crippen molar-refractivity contribution in [2.45, 2.75) is 45.6 Å². The molecule has 0 aliphatic heterocycles. The number of hydrogen-bond acceptors (Lipinski definition) is 5. The number of carboxylic acids is 1. The highest BCUT2D eigenvalue weighted by molar-refractivity contribution is 5.95. The molecule has 0 atom stereocenters. The number of aryl methyl sites for hydroxylation is 1. The number of anilines is 1. The third-order valence-corrected chi connectivity index (χ3v) is 5.74. The highest BCUT2D eigenvalue weighted by atomic mass is 19.1. The van der Waals surface area contributed by atoms with E-state index >= 15 is 4.39 Å². The summed E-state index contributed by atoms with van der Waals surface area (Å²) in [6, 6.07) is 1.25. The number of likely N-dealkylation sites (N-methyl/N-ethyl adjacent to an activating group) is 1. The predicted molar refractivity (Wildman–Crippen MR) is 118 cm³/mol. The molecule has 1 saturated carbocycles. The van der Waals surface area contributed by atoms with Crippen molar-refractivity contribution in [1.29, 1.82) is 0 Å². The van der Waals surface area contributed by atoms with Crippen LogP contribution in [0.2, 0.25) is 0 Å². The number of nitrogens with zero attached hydrogens (tertiary/aromatic N) is 2. The van der Waals surface area contributed by atoms with Gasteiger partial charge in [-0.25, -0.2) is 9.18 Å². The summed E-state index contributed by atoms with van der Waals surface area (Å²) in [7, 11) is 0. The Morgan fingerprint density at radius 3 is 2.58 bits per heavy atom. The van der Waals surface area contributed by atoms with Crippen molar-refractivity contribution < 1.29 is 24.5 Å². The number of carboxylic acid groups (broad SMARTS) is 1. The number of carbonyl (C=O) groups is 1. The molecular weight excluding hydrogens is 403 g/mol. The number of aromatic nitrogens is 1. The number of hydrogen-bond donors (Lipinski definition) is 3. The van der Waals surface area contributed by atoms with E-state index in [1.54, 1.807) is 6.92 Å². The summed E-state index contributed by atoms with van der Waals surface area (Å²) in [5, 5.41) is 28.0. The summed E-state index contributed by atoms with van der Waals surface area (Å²) < 4.78 is 17.1. The number of aliphatic hydroxyl groups excluding tert-OH is 2. The molecule has 0 unspecified atom stereocenters. The Hall–Kier alpha value is -2.71. The normalized spacial score (nSPS) is 14.3. The van der Waals surface area contributed by atoms with Gasteiger partial charge < -0.3 is 24.8 Å². The fraction of sp³-hybridized carbons (Fsp3) is 0.478. The molecule has 1 heterocycles. The fourth-order valence-corrected chi connectivity index (χ4v) is 4.10. The largest absolute Gasteiger partial charge is 0.477 e. The molecule has 1 aliphatic carbocycles. The van der Waals surface area contributed by atoms with Crippen molar-refractivity contribution in [3.8, 4) is 0 Å². The second-order valence-electron chi connectivity index (χ2n) is 7.91. The first-order valence-electron chi connectivity index (χ1n) is 10.6. The summed E-state index contributed by atoms with van der Waals surface area (Å²) in [6.07, 6.45) is 5.86. The zero-order valence-corrected chi connectivity index (χ0v) is 17.9. The molecule has 0 spiro atoms. The lowest BCUT2D eigenvalue weighted by atomic mass is 10.0. The van der Waals surface area contributed by atoms with Crippen LogP contribution in [0.5, 0.6) is 0 Å². The first-order chi connectivity index (χ1) is 14.8. The Bertz CT molecular complexity index is 1070. The number of aromatic carboxylic acids is 1. The van der Waals surface area contributed by atoms with Gasteiger partial charge in [-0.15, -0.1) is 0 Å². The average Bonchev–Trinajstić information content (AvgIpc) is 3.56. The number of benzene rings is 1. The molecule has 0 amide bonds. The van der Waals surface area contributed by atoms with Crippen LogP contribution in [0.3, 0.4) is 0 Å². The summed E-state index contributed by atoms with van der Waals surface area (Å²) in [6.45, 7) is 4.46. The molecule has 1 aromatic heterocycles. The van der Waals surface area contributed by atoms with E-state index in [1.807, 2.05) is 22.5 Å². The molecule has 0 bridgehead atoms. The van der Waals surface area contributed by atoms with Crippen molar-refractivity contribution in [1.82, 2.24) is 4.57 Å². The maximum atomic E-state index is 15.3. The molecule has 31 heavy (non-hydrogen) atoms. The molecule has 3 rings (SSSR count). The van der Waals surface area contributed by atoms with E-state index in [2.05, 4.69) is 0 Å². The summed E-state index contributed by atoms with van der Waals surface area (Å²) in [5.41, 5.74) is 1.37. The highest BCUT2D eigenvalue weighted by Gasteiger charge is 2.29. The number of aliphatic hydroxyl groups is 2. The number of pyridine rings is 1. The van der Waals surface area contributed by atoms with E-state index in [-0.39, 0.29) is 30.2 Å². The molecule has 7 nitrogen and oxygen atoms in total. The summed E-state index contributed by atoms with van der Waals surface area (Å²) in [5.74, 6) is -1.90. The minimum Gasteiger partial charge on any atom is -0.477 e. The van der Waals surface area contributed by atoms with Crippen LogP contribution in [0.4, 0.5) is 10.1 Å². The lowest BCUT2D eigenvalue weighted by Gasteiger charge is -2.28. The Morgan fingerprint density at radius 2 is 2.03 bits per heavy atom. The third-order valence-electron chi connectivity index (χ3n) is 5.74. The Labute approximate surface area is 180 Å². The van der Waals surface area contributed by atoms with Crippen LogP contribution in [0.1, 0.15) is 54.6 Å². The lowest BCUT2D eigenvalue weighted by Crippen LogP contribution is -2.28. The van der Waals surface area contributed by atoms with E-state index in [0.29, 0.717) is 42.7 Å². The molecule has 168 valence electrons. The van der Waals surface area contributed by atoms with Gasteiger partial charge >= 0.3 is 5.97 Å². The Balaban J connectivity index is 2.19. The van der Waals surface area contributed by atoms with Crippen LogP contribution < -0.4 is 10.3 Å². The van der Waals surface area contributed by atoms with E-state index in [0.717, 1.165) is 24.5 Å². The Morgan fingerprint density at radius 1 is 1.32 bits per heavy atom. The minimum atomic E-state index is -1.32. The van der Waals surface area contributed by atoms with Crippen molar-refractivity contribution >= 4 is 22.6 Å². The quantitative estimate of drug-likeness (QED) is 0.499. The molecule has 3 N–H and O–H groups in total. The van der Waals surface area contributed by atoms with E-state index in [9.17, 15) is 19.8 Å². The minimum absolute atomic E-state index is 0.00993. The lowest BCUT2D eigenvalue weighted by molar-refractivity contribution is 0.0694. The second kappa shape index (κ2) is 9.62. The molecule has 2 aromatic rings. The zero-order chi connectivity index (χ0) is 22.7. The molecule has 1 aliphatic rings. The van der Waals surface area contributed by atoms with Gasteiger partial charge in [-0.1, -0.05) is 11.6 Å². The molecule has 1 fully saturated rings. The van der Waals surface area contributed by atoms with E-state index < -0.39 is 17.2 Å². The monoisotopic (exact) mass is 432 g/mol. The average molecular weight is 432 g/mol. The summed E-state index contributed by atoms with van der Waals surface area (Å²) >= 11 is 0. The smallest absolute Gasteiger partial charge is 0.341 e. The van der Waals surface area contributed by atoms with Crippen LogP contribution in [-0.2, 0) is 0 Å². The number of fused-ring (bicyclic) bond motifs is 1. The van der Waals surface area contributed by atoms with Crippen molar-refractivity contribution in [2.24, 2.45) is 0 Å². The first-order valence-corrected chi connectivity index (χ1v) is 10.6. The molecule has 8 heteroatoms. The molecule has 0 radical (unpaired) electrons.